The van der Waals surface area contributed by atoms with E-state index in [1.165, 1.54) is 0 Å². The lowest BCUT2D eigenvalue weighted by Gasteiger charge is -2.15. The number of thiol groups is 1. The smallest absolute Gasteiger partial charge is 0.222 e. The minimum absolute atomic E-state index is 0.0871. The van der Waals surface area contributed by atoms with E-state index in [0.717, 1.165) is 5.75 Å². The van der Waals surface area contributed by atoms with Gasteiger partial charge in [0.2, 0.25) is 5.91 Å². The highest BCUT2D eigenvalue weighted by Crippen LogP contribution is 2.15. The van der Waals surface area contributed by atoms with E-state index < -0.39 is 0 Å². The van der Waals surface area contributed by atoms with Crippen molar-refractivity contribution in [1.29, 1.82) is 0 Å². The fraction of sp³-hybridized carbons (Fsp3) is 0.417. The molecule has 1 unspecified atom stereocenters. The number of carbonyl (C=O) groups is 1. The van der Waals surface area contributed by atoms with Crippen LogP contribution in [-0.2, 0) is 4.79 Å². The van der Waals surface area contributed by atoms with Crippen LogP contribution >= 0.6 is 12.6 Å². The summed E-state index contributed by atoms with van der Waals surface area (Å²) in [6.07, 6.45) is 1.04. The normalized spacial score (nSPS) is 11.9. The van der Waals surface area contributed by atoms with Crippen molar-refractivity contribution >= 4 is 18.5 Å². The summed E-state index contributed by atoms with van der Waals surface area (Å²) < 4.78 is 5.52. The lowest BCUT2D eigenvalue weighted by molar-refractivity contribution is -0.128. The number of hydrogen-bond acceptors (Lipinski definition) is 3. The molecule has 1 amide bonds. The van der Waals surface area contributed by atoms with Crippen LogP contribution in [0, 0.1) is 6.07 Å². The first-order valence-electron chi connectivity index (χ1n) is 5.10. The van der Waals surface area contributed by atoms with Crippen LogP contribution in [0.25, 0.3) is 0 Å². The summed E-state index contributed by atoms with van der Waals surface area (Å²) in [5, 5.41) is 0. The van der Waals surface area contributed by atoms with Gasteiger partial charge in [-0.3, -0.25) is 4.79 Å². The number of nitrogens with zero attached hydrogens (tertiary/aromatic N) is 1. The molecule has 0 heterocycles. The van der Waals surface area contributed by atoms with Gasteiger partial charge in [-0.25, -0.2) is 0 Å². The molecule has 0 saturated heterocycles. The Morgan fingerprint density at radius 3 is 2.69 bits per heavy atom. The Morgan fingerprint density at radius 1 is 1.50 bits per heavy atom. The highest BCUT2D eigenvalue weighted by molar-refractivity contribution is 7.80. The van der Waals surface area contributed by atoms with Gasteiger partial charge >= 0.3 is 0 Å². The van der Waals surface area contributed by atoms with Crippen LogP contribution in [0.4, 0.5) is 0 Å². The molecule has 16 heavy (non-hydrogen) atoms. The molecular weight excluding hydrogens is 222 g/mol. The van der Waals surface area contributed by atoms with Gasteiger partial charge in [0.1, 0.15) is 11.2 Å². The Balaban J connectivity index is 2.31. The molecule has 0 N–H and O–H groups in total. The molecule has 1 radical (unpaired) electrons. The van der Waals surface area contributed by atoms with E-state index in [9.17, 15) is 4.79 Å². The summed E-state index contributed by atoms with van der Waals surface area (Å²) in [5.41, 5.74) is -0.258. The highest BCUT2D eigenvalue weighted by atomic mass is 32.1. The third-order valence-electron chi connectivity index (χ3n) is 2.06. The molecule has 0 saturated carbocycles. The van der Waals surface area contributed by atoms with Gasteiger partial charge in [0, 0.05) is 26.9 Å². The zero-order valence-electron chi connectivity index (χ0n) is 9.51. The van der Waals surface area contributed by atoms with Crippen LogP contribution in [0.5, 0.6) is 5.75 Å². The summed E-state index contributed by atoms with van der Waals surface area (Å²) in [4.78, 5) is 12.9. The summed E-state index contributed by atoms with van der Waals surface area (Å²) in [5.74, 6) is 0.833. The Kier molecular flexibility index (Phi) is 5.19. The minimum Gasteiger partial charge on any atom is -0.480 e. The monoisotopic (exact) mass is 238 g/mol. The van der Waals surface area contributed by atoms with Crippen molar-refractivity contribution in [3.63, 3.8) is 0 Å². The molecule has 0 aliphatic heterocycles. The SMILES string of the molecule is CN(C)C(=O)CCC(S)Oc1cc[c]cc1. The van der Waals surface area contributed by atoms with Gasteiger partial charge in [-0.15, -0.1) is 12.6 Å². The largest absolute Gasteiger partial charge is 0.480 e. The second-order valence-electron chi connectivity index (χ2n) is 3.64. The van der Waals surface area contributed by atoms with Crippen molar-refractivity contribution in [3.8, 4) is 5.75 Å². The third-order valence-corrected chi connectivity index (χ3v) is 2.43. The molecule has 0 fully saturated rings. The van der Waals surface area contributed by atoms with Crippen molar-refractivity contribution in [2.24, 2.45) is 0 Å². The Hall–Kier alpha value is -1.16. The predicted octanol–water partition coefficient (Wildman–Crippen LogP) is 1.99. The number of rotatable bonds is 5. The maximum absolute atomic E-state index is 11.3. The quantitative estimate of drug-likeness (QED) is 0.628. The van der Waals surface area contributed by atoms with Crippen molar-refractivity contribution < 1.29 is 9.53 Å². The summed E-state index contributed by atoms with van der Waals surface area (Å²) >= 11 is 4.28. The molecule has 87 valence electrons. The zero-order chi connectivity index (χ0) is 12.0. The van der Waals surface area contributed by atoms with Gasteiger partial charge in [-0.1, -0.05) is 12.1 Å². The molecular formula is C12H16NO2S. The predicted molar refractivity (Wildman–Crippen MR) is 66.6 cm³/mol. The Labute approximate surface area is 102 Å². The van der Waals surface area contributed by atoms with E-state index in [2.05, 4.69) is 18.7 Å². The molecule has 0 aliphatic rings. The molecule has 1 aromatic carbocycles. The number of hydrogen-bond donors (Lipinski definition) is 1. The first-order chi connectivity index (χ1) is 7.59. The van der Waals surface area contributed by atoms with Gasteiger partial charge in [0.15, 0.2) is 0 Å². The Bertz CT molecular complexity index is 327. The average Bonchev–Trinajstić information content (AvgIpc) is 2.27. The maximum Gasteiger partial charge on any atom is 0.222 e. The molecule has 1 aromatic rings. The molecule has 1 rings (SSSR count). The van der Waals surface area contributed by atoms with Gasteiger partial charge < -0.3 is 9.64 Å². The number of benzene rings is 1. The van der Waals surface area contributed by atoms with E-state index in [0.29, 0.717) is 12.8 Å². The van der Waals surface area contributed by atoms with Gasteiger partial charge in [-0.05, 0) is 18.2 Å². The fourth-order valence-corrected chi connectivity index (χ4v) is 1.39. The lowest BCUT2D eigenvalue weighted by atomic mass is 10.3. The minimum atomic E-state index is -0.258. The van der Waals surface area contributed by atoms with E-state index in [4.69, 9.17) is 4.74 Å². The molecule has 0 bridgehead atoms. The second-order valence-corrected chi connectivity index (χ2v) is 4.21. The molecule has 0 aliphatic carbocycles. The summed E-state index contributed by atoms with van der Waals surface area (Å²) in [7, 11) is 3.48. The molecule has 1 atom stereocenters. The third kappa shape index (κ3) is 4.57. The standard InChI is InChI=1S/C12H16NO2S/c1-13(2)11(14)8-9-12(16)15-10-6-4-3-5-7-10/h4-7,12,16H,8-9H2,1-2H3. The second kappa shape index (κ2) is 6.43. The Morgan fingerprint density at radius 2 is 2.12 bits per heavy atom. The first-order valence-corrected chi connectivity index (χ1v) is 5.62. The van der Waals surface area contributed by atoms with E-state index >= 15 is 0 Å². The number of amides is 1. The average molecular weight is 238 g/mol. The highest BCUT2D eigenvalue weighted by Gasteiger charge is 2.09. The molecule has 0 aromatic heterocycles. The summed E-state index contributed by atoms with van der Waals surface area (Å²) in [6.45, 7) is 0. The fourth-order valence-electron chi connectivity index (χ4n) is 1.14. The van der Waals surface area contributed by atoms with E-state index in [-0.39, 0.29) is 11.3 Å². The molecule has 3 nitrogen and oxygen atoms in total. The van der Waals surface area contributed by atoms with Gasteiger partial charge in [0.25, 0.3) is 0 Å². The van der Waals surface area contributed by atoms with Crippen LogP contribution in [0.1, 0.15) is 12.8 Å². The number of ether oxygens (including phenoxy) is 1. The van der Waals surface area contributed by atoms with Crippen molar-refractivity contribution in [1.82, 2.24) is 4.90 Å². The van der Waals surface area contributed by atoms with Crippen LogP contribution in [-0.4, -0.2) is 30.3 Å². The van der Waals surface area contributed by atoms with Crippen molar-refractivity contribution in [3.05, 3.63) is 30.3 Å². The van der Waals surface area contributed by atoms with Crippen LogP contribution in [0.3, 0.4) is 0 Å². The maximum atomic E-state index is 11.3. The molecule has 4 heteroatoms. The van der Waals surface area contributed by atoms with Crippen LogP contribution in [0.2, 0.25) is 0 Å². The van der Waals surface area contributed by atoms with Crippen molar-refractivity contribution in [2.45, 2.75) is 18.3 Å². The molecule has 0 spiro atoms. The van der Waals surface area contributed by atoms with E-state index in [1.54, 1.807) is 31.1 Å². The summed E-state index contributed by atoms with van der Waals surface area (Å²) in [6, 6.07) is 10.1. The van der Waals surface area contributed by atoms with Crippen LogP contribution in [0.15, 0.2) is 24.3 Å². The topological polar surface area (TPSA) is 29.5 Å². The zero-order valence-corrected chi connectivity index (χ0v) is 10.4. The van der Waals surface area contributed by atoms with Gasteiger partial charge in [0.05, 0.1) is 0 Å². The van der Waals surface area contributed by atoms with Crippen molar-refractivity contribution in [2.75, 3.05) is 14.1 Å². The van der Waals surface area contributed by atoms with Gasteiger partial charge in [-0.2, -0.15) is 0 Å². The van der Waals surface area contributed by atoms with E-state index in [1.807, 2.05) is 12.1 Å². The van der Waals surface area contributed by atoms with Crippen LogP contribution < -0.4 is 4.74 Å². The number of carbonyl (C=O) groups excluding carboxylic acids is 1. The first kappa shape index (κ1) is 12.9. The lowest BCUT2D eigenvalue weighted by Crippen LogP contribution is -2.23.